The van der Waals surface area contributed by atoms with Crippen molar-refractivity contribution in [3.8, 4) is 0 Å². The molecule has 4 rings (SSSR count). The lowest BCUT2D eigenvalue weighted by molar-refractivity contribution is -0.0103. The van der Waals surface area contributed by atoms with Crippen LogP contribution >= 0.6 is 12.4 Å². The molecule has 2 fully saturated rings. The van der Waals surface area contributed by atoms with Gasteiger partial charge in [-0.15, -0.1) is 12.4 Å². The smallest absolute Gasteiger partial charge is 0.232 e. The van der Waals surface area contributed by atoms with E-state index in [0.29, 0.717) is 11.7 Å². The van der Waals surface area contributed by atoms with Crippen LogP contribution in [0.15, 0.2) is 34.9 Å². The molecule has 1 saturated carbocycles. The fraction of sp³-hybridized carbons (Fsp3) is 0.529. The first-order valence-corrected chi connectivity index (χ1v) is 8.06. The Bertz CT molecular complexity index is 642. The molecule has 1 aromatic carbocycles. The van der Waals surface area contributed by atoms with Crippen LogP contribution in [0.2, 0.25) is 0 Å². The van der Waals surface area contributed by atoms with Crippen LogP contribution < -0.4 is 5.73 Å². The predicted octanol–water partition coefficient (Wildman–Crippen LogP) is 3.46. The number of aromatic nitrogens is 2. The van der Waals surface area contributed by atoms with E-state index in [1.807, 2.05) is 18.2 Å². The molecular weight excluding hydrogens is 314 g/mol. The maximum Gasteiger partial charge on any atom is 0.232 e. The van der Waals surface area contributed by atoms with Gasteiger partial charge in [-0.3, -0.25) is 0 Å². The van der Waals surface area contributed by atoms with E-state index in [4.69, 9.17) is 15.0 Å². The minimum Gasteiger partial charge on any atom is -0.373 e. The molecule has 5 nitrogen and oxygen atoms in total. The third-order valence-corrected chi connectivity index (χ3v) is 4.90. The van der Waals surface area contributed by atoms with Gasteiger partial charge in [-0.1, -0.05) is 35.5 Å². The first kappa shape index (κ1) is 16.4. The molecule has 2 atom stereocenters. The molecule has 2 unspecified atom stereocenters. The zero-order chi connectivity index (χ0) is 15.0. The van der Waals surface area contributed by atoms with Gasteiger partial charge < -0.3 is 15.0 Å². The van der Waals surface area contributed by atoms with Crippen LogP contribution in [0.25, 0.3) is 0 Å². The molecule has 6 heteroatoms. The van der Waals surface area contributed by atoms with Gasteiger partial charge in [0.05, 0.1) is 17.6 Å². The van der Waals surface area contributed by atoms with E-state index in [2.05, 4.69) is 22.3 Å². The summed E-state index contributed by atoms with van der Waals surface area (Å²) in [6.45, 7) is 0.776. The van der Waals surface area contributed by atoms with Crippen molar-refractivity contribution in [2.75, 3.05) is 6.61 Å². The van der Waals surface area contributed by atoms with Gasteiger partial charge in [-0.2, -0.15) is 4.98 Å². The highest BCUT2D eigenvalue weighted by Crippen LogP contribution is 2.42. The quantitative estimate of drug-likeness (QED) is 0.929. The number of benzene rings is 1. The normalized spacial score (nSPS) is 26.1. The third-order valence-electron chi connectivity index (χ3n) is 4.90. The SMILES string of the molecule is Cl.NC1(c2noc(C3CCCOC3c3ccccc3)n2)CCC1. The zero-order valence-corrected chi connectivity index (χ0v) is 13.8. The lowest BCUT2D eigenvalue weighted by Crippen LogP contribution is -2.44. The van der Waals surface area contributed by atoms with E-state index < -0.39 is 0 Å². The van der Waals surface area contributed by atoms with Crippen LogP contribution in [-0.2, 0) is 10.3 Å². The number of rotatable bonds is 3. The maximum atomic E-state index is 6.30. The van der Waals surface area contributed by atoms with Crippen LogP contribution in [-0.4, -0.2) is 16.7 Å². The minimum absolute atomic E-state index is 0. The van der Waals surface area contributed by atoms with Crippen molar-refractivity contribution in [3.63, 3.8) is 0 Å². The Hall–Kier alpha value is -1.43. The second-order valence-corrected chi connectivity index (χ2v) is 6.42. The minimum atomic E-state index is -0.375. The Balaban J connectivity index is 0.00000156. The van der Waals surface area contributed by atoms with Gasteiger partial charge >= 0.3 is 0 Å². The molecule has 1 saturated heterocycles. The average molecular weight is 336 g/mol. The molecule has 23 heavy (non-hydrogen) atoms. The summed E-state index contributed by atoms with van der Waals surface area (Å²) in [5.74, 6) is 1.44. The highest BCUT2D eigenvalue weighted by molar-refractivity contribution is 5.85. The van der Waals surface area contributed by atoms with Crippen molar-refractivity contribution in [2.24, 2.45) is 5.73 Å². The van der Waals surface area contributed by atoms with Gasteiger partial charge in [0.2, 0.25) is 5.89 Å². The Morgan fingerprint density at radius 2 is 1.91 bits per heavy atom. The second-order valence-electron chi connectivity index (χ2n) is 6.42. The molecule has 0 spiro atoms. The topological polar surface area (TPSA) is 74.2 Å². The lowest BCUT2D eigenvalue weighted by atomic mass is 9.77. The first-order valence-electron chi connectivity index (χ1n) is 8.06. The number of nitrogens with zero attached hydrogens (tertiary/aromatic N) is 2. The summed E-state index contributed by atoms with van der Waals surface area (Å²) in [6, 6.07) is 10.3. The fourth-order valence-electron chi connectivity index (χ4n) is 3.37. The molecule has 2 aliphatic rings. The fourth-order valence-corrected chi connectivity index (χ4v) is 3.37. The molecule has 2 heterocycles. The van der Waals surface area contributed by atoms with Crippen LogP contribution in [0.4, 0.5) is 0 Å². The van der Waals surface area contributed by atoms with Crippen molar-refractivity contribution in [3.05, 3.63) is 47.6 Å². The van der Waals surface area contributed by atoms with Crippen LogP contribution in [0.1, 0.15) is 61.4 Å². The number of nitrogens with two attached hydrogens (primary N) is 1. The number of ether oxygens (including phenoxy) is 1. The van der Waals surface area contributed by atoms with E-state index >= 15 is 0 Å². The summed E-state index contributed by atoms with van der Waals surface area (Å²) in [5, 5.41) is 4.15. The van der Waals surface area contributed by atoms with E-state index in [-0.39, 0.29) is 30.0 Å². The van der Waals surface area contributed by atoms with E-state index in [1.165, 1.54) is 0 Å². The Morgan fingerprint density at radius 3 is 2.61 bits per heavy atom. The number of hydrogen-bond acceptors (Lipinski definition) is 5. The van der Waals surface area contributed by atoms with Crippen molar-refractivity contribution >= 4 is 12.4 Å². The Kier molecular flexibility index (Phi) is 4.71. The molecule has 0 bridgehead atoms. The number of hydrogen-bond donors (Lipinski definition) is 1. The van der Waals surface area contributed by atoms with Gasteiger partial charge in [0, 0.05) is 6.61 Å². The third kappa shape index (κ3) is 3.01. The Morgan fingerprint density at radius 1 is 1.13 bits per heavy atom. The molecule has 0 amide bonds. The standard InChI is InChI=1S/C17H21N3O2.ClH/c18-17(9-5-10-17)16-19-15(22-20-16)13-8-4-11-21-14(13)12-6-2-1-3-7-12;/h1-3,6-7,13-14H,4-5,8-11,18H2;1H. The van der Waals surface area contributed by atoms with Crippen LogP contribution in [0.3, 0.4) is 0 Å². The van der Waals surface area contributed by atoms with E-state index in [1.54, 1.807) is 0 Å². The molecule has 1 aliphatic heterocycles. The van der Waals surface area contributed by atoms with Crippen molar-refractivity contribution in [1.29, 1.82) is 0 Å². The first-order chi connectivity index (χ1) is 10.8. The van der Waals surface area contributed by atoms with Gasteiger partial charge in [-0.05, 0) is 37.7 Å². The van der Waals surface area contributed by atoms with Gasteiger partial charge in [-0.25, -0.2) is 0 Å². The highest BCUT2D eigenvalue weighted by Gasteiger charge is 2.40. The molecule has 0 radical (unpaired) electrons. The predicted molar refractivity (Wildman–Crippen MR) is 88.4 cm³/mol. The summed E-state index contributed by atoms with van der Waals surface area (Å²) in [5.41, 5.74) is 7.09. The molecular formula is C17H22ClN3O2. The van der Waals surface area contributed by atoms with Gasteiger partial charge in [0.1, 0.15) is 0 Å². The number of halogens is 1. The van der Waals surface area contributed by atoms with Gasteiger partial charge in [0.15, 0.2) is 5.82 Å². The summed E-state index contributed by atoms with van der Waals surface area (Å²) < 4.78 is 11.6. The summed E-state index contributed by atoms with van der Waals surface area (Å²) >= 11 is 0. The molecule has 1 aromatic heterocycles. The molecule has 2 N–H and O–H groups in total. The largest absolute Gasteiger partial charge is 0.373 e. The van der Waals surface area contributed by atoms with Gasteiger partial charge in [0.25, 0.3) is 0 Å². The Labute approximate surface area is 142 Å². The van der Waals surface area contributed by atoms with Crippen LogP contribution in [0.5, 0.6) is 0 Å². The molecule has 2 aromatic rings. The lowest BCUT2D eigenvalue weighted by Gasteiger charge is -2.34. The average Bonchev–Trinajstić information content (AvgIpc) is 3.04. The highest BCUT2D eigenvalue weighted by atomic mass is 35.5. The summed E-state index contributed by atoms with van der Waals surface area (Å²) in [7, 11) is 0. The maximum absolute atomic E-state index is 6.30. The van der Waals surface area contributed by atoms with Crippen molar-refractivity contribution < 1.29 is 9.26 Å². The van der Waals surface area contributed by atoms with E-state index in [9.17, 15) is 0 Å². The summed E-state index contributed by atoms with van der Waals surface area (Å²) in [4.78, 5) is 4.62. The monoisotopic (exact) mass is 335 g/mol. The zero-order valence-electron chi connectivity index (χ0n) is 13.0. The second kappa shape index (κ2) is 6.59. The van der Waals surface area contributed by atoms with E-state index in [0.717, 1.165) is 44.3 Å². The van der Waals surface area contributed by atoms with Crippen molar-refractivity contribution in [2.45, 2.75) is 49.7 Å². The van der Waals surface area contributed by atoms with Crippen LogP contribution in [0, 0.1) is 0 Å². The molecule has 1 aliphatic carbocycles. The summed E-state index contributed by atoms with van der Waals surface area (Å²) in [6.07, 6.45) is 5.01. The molecule has 124 valence electrons. The van der Waals surface area contributed by atoms with Crippen molar-refractivity contribution in [1.82, 2.24) is 10.1 Å².